The highest BCUT2D eigenvalue weighted by molar-refractivity contribution is 6.00. The summed E-state index contributed by atoms with van der Waals surface area (Å²) in [7, 11) is 3.11. The third kappa shape index (κ3) is 5.13. The number of amides is 1. The number of nitrogens with one attached hydrogen (secondary N) is 1. The molecule has 0 radical (unpaired) electrons. The van der Waals surface area contributed by atoms with Crippen molar-refractivity contribution in [3.05, 3.63) is 54.1 Å². The second-order valence-electron chi connectivity index (χ2n) is 5.81. The van der Waals surface area contributed by atoms with Crippen molar-refractivity contribution in [3.63, 3.8) is 0 Å². The Kier molecular flexibility index (Phi) is 6.47. The van der Waals surface area contributed by atoms with Gasteiger partial charge in [-0.05, 0) is 55.0 Å². The van der Waals surface area contributed by atoms with Crippen LogP contribution in [0.3, 0.4) is 0 Å². The lowest BCUT2D eigenvalue weighted by atomic mass is 10.2. The second-order valence-corrected chi connectivity index (χ2v) is 5.81. The molecule has 150 valence electrons. The van der Waals surface area contributed by atoms with Crippen molar-refractivity contribution in [3.8, 4) is 28.7 Å². The van der Waals surface area contributed by atoms with E-state index >= 15 is 0 Å². The molecule has 0 aliphatic heterocycles. The van der Waals surface area contributed by atoms with Crippen molar-refractivity contribution >= 4 is 18.0 Å². The van der Waals surface area contributed by atoms with Crippen LogP contribution in [0.1, 0.15) is 12.5 Å². The molecular formula is C21H21N3O5. The quantitative estimate of drug-likeness (QED) is 0.580. The first-order valence-corrected chi connectivity index (χ1v) is 8.90. The summed E-state index contributed by atoms with van der Waals surface area (Å²) in [5.41, 5.74) is 1.50. The molecular weight excluding hydrogens is 374 g/mol. The van der Waals surface area contributed by atoms with Gasteiger partial charge in [0, 0.05) is 11.6 Å². The first-order chi connectivity index (χ1) is 14.1. The predicted molar refractivity (Wildman–Crippen MR) is 108 cm³/mol. The third-order valence-electron chi connectivity index (χ3n) is 3.90. The Bertz CT molecular complexity index is 996. The second kappa shape index (κ2) is 9.41. The molecule has 2 aromatic carbocycles. The van der Waals surface area contributed by atoms with Gasteiger partial charge >= 0.3 is 6.01 Å². The number of benzene rings is 2. The Labute approximate surface area is 168 Å². The van der Waals surface area contributed by atoms with Crippen LogP contribution in [0.15, 0.2) is 53.0 Å². The average molecular weight is 395 g/mol. The smallest absolute Gasteiger partial charge is 0.322 e. The Balaban J connectivity index is 1.63. The van der Waals surface area contributed by atoms with Crippen LogP contribution in [0.5, 0.6) is 17.2 Å². The van der Waals surface area contributed by atoms with Crippen LogP contribution in [0.4, 0.5) is 6.01 Å². The molecule has 0 aliphatic rings. The molecule has 0 fully saturated rings. The van der Waals surface area contributed by atoms with Crippen molar-refractivity contribution in [1.82, 2.24) is 10.2 Å². The zero-order valence-corrected chi connectivity index (χ0v) is 16.3. The zero-order chi connectivity index (χ0) is 20.6. The normalized spacial score (nSPS) is 10.7. The van der Waals surface area contributed by atoms with E-state index in [1.165, 1.54) is 6.08 Å². The molecule has 0 spiro atoms. The lowest BCUT2D eigenvalue weighted by molar-refractivity contribution is -0.112. The fourth-order valence-electron chi connectivity index (χ4n) is 2.53. The van der Waals surface area contributed by atoms with Crippen molar-refractivity contribution in [1.29, 1.82) is 0 Å². The molecule has 0 saturated heterocycles. The summed E-state index contributed by atoms with van der Waals surface area (Å²) in [5.74, 6) is 1.84. The van der Waals surface area contributed by atoms with Crippen molar-refractivity contribution in [2.45, 2.75) is 6.92 Å². The molecule has 1 aromatic heterocycles. The van der Waals surface area contributed by atoms with Crippen molar-refractivity contribution in [2.24, 2.45) is 0 Å². The highest BCUT2D eigenvalue weighted by Crippen LogP contribution is 2.28. The van der Waals surface area contributed by atoms with Gasteiger partial charge in [-0.15, -0.1) is 5.10 Å². The minimum Gasteiger partial charge on any atom is -0.494 e. The number of carbonyl (C=O) groups excluding carboxylic acids is 1. The number of nitrogens with zero attached hydrogens (tertiary/aromatic N) is 2. The van der Waals surface area contributed by atoms with E-state index in [0.717, 1.165) is 16.9 Å². The summed E-state index contributed by atoms with van der Waals surface area (Å²) in [4.78, 5) is 12.1. The van der Waals surface area contributed by atoms with Gasteiger partial charge in [0.25, 0.3) is 5.91 Å². The van der Waals surface area contributed by atoms with Crippen LogP contribution >= 0.6 is 0 Å². The van der Waals surface area contributed by atoms with E-state index in [4.69, 9.17) is 18.6 Å². The topological polar surface area (TPSA) is 95.7 Å². The number of rotatable bonds is 8. The van der Waals surface area contributed by atoms with E-state index in [-0.39, 0.29) is 6.01 Å². The number of methoxy groups -OCH3 is 2. The molecule has 8 nitrogen and oxygen atoms in total. The summed E-state index contributed by atoms with van der Waals surface area (Å²) in [6.07, 6.45) is 3.00. The number of ether oxygens (including phenoxy) is 3. The highest BCUT2D eigenvalue weighted by atomic mass is 16.5. The molecule has 8 heteroatoms. The van der Waals surface area contributed by atoms with E-state index in [9.17, 15) is 4.79 Å². The maximum absolute atomic E-state index is 12.1. The number of anilines is 1. The maximum atomic E-state index is 12.1. The van der Waals surface area contributed by atoms with Gasteiger partial charge in [0.15, 0.2) is 11.5 Å². The van der Waals surface area contributed by atoms with Crippen LogP contribution in [0.25, 0.3) is 17.5 Å². The van der Waals surface area contributed by atoms with Gasteiger partial charge in [-0.2, -0.15) is 0 Å². The first kappa shape index (κ1) is 19.9. The summed E-state index contributed by atoms with van der Waals surface area (Å²) in [6.45, 7) is 2.51. The molecule has 3 rings (SSSR count). The van der Waals surface area contributed by atoms with Crippen molar-refractivity contribution < 1.29 is 23.4 Å². The lowest BCUT2D eigenvalue weighted by Gasteiger charge is -2.07. The van der Waals surface area contributed by atoms with Gasteiger partial charge in [-0.1, -0.05) is 11.2 Å². The molecule has 29 heavy (non-hydrogen) atoms. The van der Waals surface area contributed by atoms with Crippen LogP contribution in [-0.4, -0.2) is 36.9 Å². The Hall–Kier alpha value is -3.81. The molecule has 1 amide bonds. The Morgan fingerprint density at radius 3 is 2.52 bits per heavy atom. The van der Waals surface area contributed by atoms with Crippen LogP contribution in [0.2, 0.25) is 0 Å². The number of hydrogen-bond acceptors (Lipinski definition) is 7. The van der Waals surface area contributed by atoms with E-state index in [2.05, 4.69) is 15.5 Å². The minimum absolute atomic E-state index is 0.0100. The molecule has 0 atom stereocenters. The monoisotopic (exact) mass is 395 g/mol. The zero-order valence-electron chi connectivity index (χ0n) is 16.3. The third-order valence-corrected chi connectivity index (χ3v) is 3.90. The largest absolute Gasteiger partial charge is 0.494 e. The number of aromatic nitrogens is 2. The van der Waals surface area contributed by atoms with Gasteiger partial charge < -0.3 is 18.6 Å². The summed E-state index contributed by atoms with van der Waals surface area (Å²) in [6, 6.07) is 12.6. The van der Waals surface area contributed by atoms with E-state index in [0.29, 0.717) is 24.0 Å². The minimum atomic E-state index is -0.401. The SMILES string of the molecule is CCOc1ccc(-c2nnc(NC(=O)/C=C/c3ccc(OC)c(OC)c3)o2)cc1. The van der Waals surface area contributed by atoms with E-state index in [1.807, 2.05) is 25.1 Å². The standard InChI is InChI=1S/C21H21N3O5/c1-4-28-16-9-7-15(8-10-16)20-23-24-21(29-20)22-19(25)12-6-14-5-11-17(26-2)18(13-14)27-3/h5-13H,4H2,1-3H3,(H,22,24,25)/b12-6+. The highest BCUT2D eigenvalue weighted by Gasteiger charge is 2.10. The molecule has 0 bridgehead atoms. The first-order valence-electron chi connectivity index (χ1n) is 8.90. The summed E-state index contributed by atoms with van der Waals surface area (Å²) in [5, 5.41) is 10.3. The fourth-order valence-corrected chi connectivity index (χ4v) is 2.53. The number of carbonyl (C=O) groups is 1. The van der Waals surface area contributed by atoms with Crippen LogP contribution in [0, 0.1) is 0 Å². The molecule has 0 aliphatic carbocycles. The van der Waals surface area contributed by atoms with Crippen LogP contribution < -0.4 is 19.5 Å². The van der Waals surface area contributed by atoms with E-state index in [1.54, 1.807) is 44.6 Å². The average Bonchev–Trinajstić information content (AvgIpc) is 3.21. The van der Waals surface area contributed by atoms with Gasteiger partial charge in [-0.3, -0.25) is 10.1 Å². The molecule has 0 unspecified atom stereocenters. The van der Waals surface area contributed by atoms with Gasteiger partial charge in [0.2, 0.25) is 5.89 Å². The Morgan fingerprint density at radius 1 is 1.07 bits per heavy atom. The van der Waals surface area contributed by atoms with Crippen LogP contribution in [-0.2, 0) is 4.79 Å². The molecule has 1 N–H and O–H groups in total. The molecule has 0 saturated carbocycles. The maximum Gasteiger partial charge on any atom is 0.322 e. The van der Waals surface area contributed by atoms with Gasteiger partial charge in [-0.25, -0.2) is 0 Å². The van der Waals surface area contributed by atoms with E-state index < -0.39 is 5.91 Å². The summed E-state index contributed by atoms with van der Waals surface area (Å²) >= 11 is 0. The predicted octanol–water partition coefficient (Wildman–Crippen LogP) is 3.80. The molecule has 3 aromatic rings. The molecule has 1 heterocycles. The summed E-state index contributed by atoms with van der Waals surface area (Å²) < 4.78 is 21.3. The van der Waals surface area contributed by atoms with Crippen molar-refractivity contribution in [2.75, 3.05) is 26.1 Å². The lowest BCUT2D eigenvalue weighted by Crippen LogP contribution is -2.07. The van der Waals surface area contributed by atoms with Gasteiger partial charge in [0.05, 0.1) is 20.8 Å². The number of hydrogen-bond donors (Lipinski definition) is 1. The van der Waals surface area contributed by atoms with Gasteiger partial charge in [0.1, 0.15) is 5.75 Å². The Morgan fingerprint density at radius 2 is 1.83 bits per heavy atom. The fraction of sp³-hybridized carbons (Fsp3) is 0.190.